The molecule has 0 aromatic heterocycles. The molecule has 1 aromatic carbocycles. The topological polar surface area (TPSA) is 56.7 Å². The summed E-state index contributed by atoms with van der Waals surface area (Å²) < 4.78 is 0. The first-order valence-corrected chi connectivity index (χ1v) is 9.34. The summed E-state index contributed by atoms with van der Waals surface area (Å²) in [6, 6.07) is 8.18. The molecule has 0 radical (unpaired) electrons. The number of aryl methyl sites for hydroxylation is 1. The number of hydrogen-bond donors (Lipinski definition) is 3. The van der Waals surface area contributed by atoms with Crippen LogP contribution in [-0.4, -0.2) is 30.3 Å². The largest absolute Gasteiger partial charge is 0.394 e. The first kappa shape index (κ1) is 19.4. The van der Waals surface area contributed by atoms with Crippen LogP contribution >= 0.6 is 8.58 Å². The van der Waals surface area contributed by atoms with Gasteiger partial charge in [0, 0.05) is 11.0 Å². The molecular weight excluding hydrogens is 305 g/mol. The second-order valence-electron chi connectivity index (χ2n) is 5.34. The van der Waals surface area contributed by atoms with Crippen LogP contribution in [0.1, 0.15) is 25.8 Å². The lowest BCUT2D eigenvalue weighted by Gasteiger charge is -2.18. The molecule has 2 atom stereocenters. The van der Waals surface area contributed by atoms with Gasteiger partial charge in [-0.05, 0) is 39.1 Å². The van der Waals surface area contributed by atoms with E-state index in [4.69, 9.17) is 0 Å². The number of aliphatic hydroxyl groups excluding tert-OH is 1. The second-order valence-corrected chi connectivity index (χ2v) is 6.38. The Bertz CT molecular complexity index is 560. The van der Waals surface area contributed by atoms with E-state index in [1.54, 1.807) is 0 Å². The molecular formula is C18H28N3OP. The number of rotatable bonds is 8. The van der Waals surface area contributed by atoms with Crippen molar-refractivity contribution in [1.29, 1.82) is 0 Å². The van der Waals surface area contributed by atoms with Gasteiger partial charge in [0.05, 0.1) is 12.6 Å². The van der Waals surface area contributed by atoms with Gasteiger partial charge in [0.25, 0.3) is 0 Å². The van der Waals surface area contributed by atoms with Gasteiger partial charge in [0.1, 0.15) is 11.7 Å². The van der Waals surface area contributed by atoms with Gasteiger partial charge in [-0.1, -0.05) is 45.9 Å². The summed E-state index contributed by atoms with van der Waals surface area (Å²) >= 11 is 0. The van der Waals surface area contributed by atoms with E-state index in [0.717, 1.165) is 29.1 Å². The van der Waals surface area contributed by atoms with Crippen molar-refractivity contribution >= 4 is 20.1 Å². The van der Waals surface area contributed by atoms with Gasteiger partial charge < -0.3 is 15.7 Å². The Hall–Kier alpha value is -1.64. The Morgan fingerprint density at radius 2 is 2.04 bits per heavy atom. The lowest BCUT2D eigenvalue weighted by molar-refractivity contribution is 0.246. The van der Waals surface area contributed by atoms with E-state index in [9.17, 15) is 5.11 Å². The molecule has 5 heteroatoms. The van der Waals surface area contributed by atoms with Crippen molar-refractivity contribution in [2.24, 2.45) is 4.99 Å². The highest BCUT2D eigenvalue weighted by Gasteiger charge is 2.09. The number of nitrogens with zero attached hydrogens (tertiary/aromatic N) is 1. The van der Waals surface area contributed by atoms with Crippen LogP contribution in [0.5, 0.6) is 0 Å². The maximum atomic E-state index is 9.42. The third kappa shape index (κ3) is 6.55. The van der Waals surface area contributed by atoms with Gasteiger partial charge in [-0.3, -0.25) is 0 Å². The first-order valence-electron chi connectivity index (χ1n) is 7.84. The quantitative estimate of drug-likeness (QED) is 0.293. The Morgan fingerprint density at radius 3 is 2.52 bits per heavy atom. The normalized spacial score (nSPS) is 14.6. The molecule has 0 saturated heterocycles. The van der Waals surface area contributed by atoms with Crippen molar-refractivity contribution in [1.82, 2.24) is 5.32 Å². The molecule has 0 aliphatic rings. The van der Waals surface area contributed by atoms with E-state index < -0.39 is 0 Å². The lowest BCUT2D eigenvalue weighted by Crippen LogP contribution is -2.31. The van der Waals surface area contributed by atoms with Crippen LogP contribution in [0.25, 0.3) is 0 Å². The van der Waals surface area contributed by atoms with E-state index in [-0.39, 0.29) is 12.6 Å². The van der Waals surface area contributed by atoms with Crippen LogP contribution in [0.3, 0.4) is 0 Å². The fourth-order valence-corrected chi connectivity index (χ4v) is 2.57. The van der Waals surface area contributed by atoms with Crippen molar-refractivity contribution in [3.05, 3.63) is 53.6 Å². The molecule has 0 aliphatic heterocycles. The molecule has 0 fully saturated rings. The fourth-order valence-electron chi connectivity index (χ4n) is 2.00. The SMILES string of the molecule is C=C/C(PC)=C(\N=C(/C)Nc1ccc(C)cc1)NC(CC)CO. The van der Waals surface area contributed by atoms with Crippen molar-refractivity contribution < 1.29 is 5.11 Å². The third-order valence-electron chi connectivity index (χ3n) is 3.44. The van der Waals surface area contributed by atoms with Crippen LogP contribution in [0.4, 0.5) is 5.69 Å². The predicted octanol–water partition coefficient (Wildman–Crippen LogP) is 3.85. The van der Waals surface area contributed by atoms with Crippen molar-refractivity contribution in [3.63, 3.8) is 0 Å². The molecule has 0 saturated carbocycles. The van der Waals surface area contributed by atoms with Gasteiger partial charge >= 0.3 is 0 Å². The van der Waals surface area contributed by atoms with Crippen LogP contribution in [-0.2, 0) is 0 Å². The molecule has 4 nitrogen and oxygen atoms in total. The standard InChI is InChI=1S/C18H28N3OP/c1-6-15(12-22)21-18(17(7-2)23-5)20-14(4)19-16-10-8-13(3)9-11-16/h7-11,15,21-23H,2,6,12H2,1,3-5H3,(H,19,20)/b18-17-. The molecule has 0 aliphatic carbocycles. The van der Waals surface area contributed by atoms with E-state index in [0.29, 0.717) is 8.58 Å². The Balaban J connectivity index is 2.99. The lowest BCUT2D eigenvalue weighted by atomic mass is 10.2. The molecule has 0 bridgehead atoms. The third-order valence-corrected chi connectivity index (χ3v) is 4.42. The molecule has 0 heterocycles. The number of anilines is 1. The minimum atomic E-state index is -0.00720. The summed E-state index contributed by atoms with van der Waals surface area (Å²) in [5, 5.41) is 17.1. The molecule has 0 spiro atoms. The minimum Gasteiger partial charge on any atom is -0.394 e. The molecule has 0 amide bonds. The number of benzene rings is 1. The zero-order chi connectivity index (χ0) is 17.2. The van der Waals surface area contributed by atoms with Gasteiger partial charge in [-0.2, -0.15) is 0 Å². The van der Waals surface area contributed by atoms with E-state index in [2.05, 4.69) is 47.9 Å². The van der Waals surface area contributed by atoms with Gasteiger partial charge in [-0.15, -0.1) is 0 Å². The molecule has 126 valence electrons. The van der Waals surface area contributed by atoms with E-state index >= 15 is 0 Å². The predicted molar refractivity (Wildman–Crippen MR) is 104 cm³/mol. The van der Waals surface area contributed by atoms with Crippen LogP contribution in [0, 0.1) is 6.92 Å². The number of aliphatic hydroxyl groups is 1. The zero-order valence-corrected chi connectivity index (χ0v) is 15.5. The van der Waals surface area contributed by atoms with Gasteiger partial charge in [-0.25, -0.2) is 4.99 Å². The maximum Gasteiger partial charge on any atom is 0.135 e. The molecule has 1 rings (SSSR count). The summed E-state index contributed by atoms with van der Waals surface area (Å²) in [5.74, 6) is 1.57. The highest BCUT2D eigenvalue weighted by Crippen LogP contribution is 2.24. The number of amidine groups is 1. The van der Waals surface area contributed by atoms with Crippen LogP contribution in [0.2, 0.25) is 0 Å². The fraction of sp³-hybridized carbons (Fsp3) is 0.389. The Labute approximate surface area is 141 Å². The average Bonchev–Trinajstić information content (AvgIpc) is 2.55. The van der Waals surface area contributed by atoms with Crippen molar-refractivity contribution in [2.75, 3.05) is 18.6 Å². The monoisotopic (exact) mass is 333 g/mol. The van der Waals surface area contributed by atoms with E-state index in [1.807, 2.05) is 32.1 Å². The minimum absolute atomic E-state index is 0.00720. The van der Waals surface area contributed by atoms with Crippen molar-refractivity contribution in [3.8, 4) is 0 Å². The maximum absolute atomic E-state index is 9.42. The Kier molecular flexibility index (Phi) is 8.60. The summed E-state index contributed by atoms with van der Waals surface area (Å²) in [7, 11) is 0.580. The number of aliphatic imine (C=N–C) groups is 1. The van der Waals surface area contributed by atoms with Gasteiger partial charge in [0.2, 0.25) is 0 Å². The van der Waals surface area contributed by atoms with Crippen LogP contribution < -0.4 is 10.6 Å². The summed E-state index contributed by atoms with van der Waals surface area (Å²) in [6.07, 6.45) is 2.66. The highest BCUT2D eigenvalue weighted by atomic mass is 31.1. The number of allylic oxidation sites excluding steroid dienone is 2. The number of nitrogens with one attached hydrogen (secondary N) is 2. The highest BCUT2D eigenvalue weighted by molar-refractivity contribution is 7.42. The van der Waals surface area contributed by atoms with Crippen LogP contribution in [0.15, 0.2) is 53.0 Å². The zero-order valence-electron chi connectivity index (χ0n) is 14.5. The molecule has 1 aromatic rings. The smallest absolute Gasteiger partial charge is 0.135 e. The Morgan fingerprint density at radius 1 is 1.39 bits per heavy atom. The molecule has 23 heavy (non-hydrogen) atoms. The number of hydrogen-bond acceptors (Lipinski definition) is 3. The van der Waals surface area contributed by atoms with Gasteiger partial charge in [0.15, 0.2) is 0 Å². The van der Waals surface area contributed by atoms with E-state index in [1.165, 1.54) is 5.56 Å². The summed E-state index contributed by atoms with van der Waals surface area (Å²) in [6.45, 7) is 12.1. The molecule has 2 unspecified atom stereocenters. The summed E-state index contributed by atoms with van der Waals surface area (Å²) in [5.41, 5.74) is 2.23. The summed E-state index contributed by atoms with van der Waals surface area (Å²) in [4.78, 5) is 4.67. The first-order chi connectivity index (χ1) is 11.0. The molecule has 3 N–H and O–H groups in total. The second kappa shape index (κ2) is 10.2. The average molecular weight is 333 g/mol. The van der Waals surface area contributed by atoms with Crippen molar-refractivity contribution in [2.45, 2.75) is 33.2 Å².